The van der Waals surface area contributed by atoms with E-state index in [1.54, 1.807) is 19.9 Å². The molecule has 0 fully saturated rings. The molecular weight excluding hydrogens is 464 g/mol. The Bertz CT molecular complexity index is 1690. The van der Waals surface area contributed by atoms with Crippen molar-refractivity contribution < 1.29 is 19.7 Å². The summed E-state index contributed by atoms with van der Waals surface area (Å²) in [7, 11) is 0. The average Bonchev–Trinajstić information content (AvgIpc) is 3.14. The Balaban J connectivity index is 1.81. The third kappa shape index (κ3) is 3.91. The summed E-state index contributed by atoms with van der Waals surface area (Å²) in [4.78, 5) is 31.9. The quantitative estimate of drug-likeness (QED) is 0.431. The normalized spacial score (nSPS) is 15.7. The molecule has 2 N–H and O–H groups in total. The van der Waals surface area contributed by atoms with Crippen LogP contribution in [-0.2, 0) is 9.53 Å². The molecule has 4 aromatic rings. The number of fused-ring (bicyclic) bond motifs is 2. The zero-order chi connectivity index (χ0) is 24.7. The highest BCUT2D eigenvalue weighted by atomic mass is 32.1. The minimum absolute atomic E-state index is 0.0771. The van der Waals surface area contributed by atoms with Crippen LogP contribution in [0.4, 0.5) is 0 Å². The number of rotatable bonds is 4. The first-order valence-corrected chi connectivity index (χ1v) is 11.9. The number of hydrogen-bond acceptors (Lipinski definition) is 7. The number of aromatic hydroxyl groups is 2. The largest absolute Gasteiger partial charge is 0.508 e. The summed E-state index contributed by atoms with van der Waals surface area (Å²) in [5, 5.41) is 21.7. The summed E-state index contributed by atoms with van der Waals surface area (Å²) in [5.41, 5.74) is 1.64. The molecule has 8 heteroatoms. The van der Waals surface area contributed by atoms with E-state index in [0.29, 0.717) is 26.2 Å². The van der Waals surface area contributed by atoms with Gasteiger partial charge >= 0.3 is 5.97 Å². The molecule has 2 heterocycles. The number of benzene rings is 3. The molecule has 1 aliphatic heterocycles. The number of ether oxygens (including phenoxy) is 1. The summed E-state index contributed by atoms with van der Waals surface area (Å²) in [5.74, 6) is -0.742. The molecule has 35 heavy (non-hydrogen) atoms. The van der Waals surface area contributed by atoms with Gasteiger partial charge in [0.2, 0.25) is 0 Å². The van der Waals surface area contributed by atoms with Crippen molar-refractivity contribution in [2.75, 3.05) is 6.61 Å². The molecule has 1 aromatic heterocycles. The van der Waals surface area contributed by atoms with Crippen LogP contribution in [0.25, 0.3) is 16.8 Å². The lowest BCUT2D eigenvalue weighted by Crippen LogP contribution is -2.40. The average molecular weight is 487 g/mol. The van der Waals surface area contributed by atoms with E-state index in [2.05, 4.69) is 4.99 Å². The number of thiazole rings is 1. The van der Waals surface area contributed by atoms with Crippen LogP contribution < -0.4 is 14.9 Å². The molecule has 3 aromatic carbocycles. The Morgan fingerprint density at radius 2 is 1.91 bits per heavy atom. The molecule has 0 saturated carbocycles. The predicted octanol–water partition coefficient (Wildman–Crippen LogP) is 3.36. The molecule has 0 aliphatic carbocycles. The third-order valence-electron chi connectivity index (χ3n) is 5.94. The van der Waals surface area contributed by atoms with Crippen molar-refractivity contribution in [1.29, 1.82) is 0 Å². The molecule has 0 bridgehead atoms. The SMILES string of the molecule is CCOC(=O)C1=C(C)N=c2s/c(=C/c3ccc(O)cc3O)c(=O)n2C1c1cccc2ccccc12. The van der Waals surface area contributed by atoms with Crippen LogP contribution in [0.15, 0.2) is 81.7 Å². The molecule has 0 amide bonds. The van der Waals surface area contributed by atoms with Crippen molar-refractivity contribution in [3.05, 3.63) is 103 Å². The number of carbonyl (C=O) groups excluding carboxylic acids is 1. The smallest absolute Gasteiger partial charge is 0.338 e. The van der Waals surface area contributed by atoms with Crippen LogP contribution in [0.2, 0.25) is 0 Å². The summed E-state index contributed by atoms with van der Waals surface area (Å²) < 4.78 is 7.23. The summed E-state index contributed by atoms with van der Waals surface area (Å²) in [6.45, 7) is 3.68. The number of hydrogen-bond donors (Lipinski definition) is 2. The number of nitrogens with zero attached hydrogens (tertiary/aromatic N) is 2. The van der Waals surface area contributed by atoms with Gasteiger partial charge in [0.05, 0.1) is 28.5 Å². The number of phenolic OH excluding ortho intramolecular Hbond substituents is 2. The van der Waals surface area contributed by atoms with E-state index < -0.39 is 12.0 Å². The van der Waals surface area contributed by atoms with Crippen LogP contribution in [0.1, 0.15) is 31.0 Å². The monoisotopic (exact) mass is 486 g/mol. The van der Waals surface area contributed by atoms with E-state index in [0.717, 1.165) is 16.3 Å². The van der Waals surface area contributed by atoms with E-state index in [1.807, 2.05) is 42.5 Å². The zero-order valence-corrected chi connectivity index (χ0v) is 19.9. The number of phenols is 2. The lowest BCUT2D eigenvalue weighted by Gasteiger charge is -2.25. The van der Waals surface area contributed by atoms with Crippen LogP contribution in [0.5, 0.6) is 11.5 Å². The fourth-order valence-corrected chi connectivity index (χ4v) is 5.41. The summed E-state index contributed by atoms with van der Waals surface area (Å²) in [6, 6.07) is 17.1. The van der Waals surface area contributed by atoms with Gasteiger partial charge in [-0.05, 0) is 48.4 Å². The van der Waals surface area contributed by atoms with Gasteiger partial charge in [-0.25, -0.2) is 9.79 Å². The van der Waals surface area contributed by atoms with Gasteiger partial charge in [0.1, 0.15) is 11.5 Å². The number of esters is 1. The van der Waals surface area contributed by atoms with Crippen molar-refractivity contribution in [2.45, 2.75) is 19.9 Å². The second-order valence-corrected chi connectivity index (χ2v) is 9.12. The molecule has 1 unspecified atom stereocenters. The lowest BCUT2D eigenvalue weighted by molar-refractivity contribution is -0.139. The highest BCUT2D eigenvalue weighted by Gasteiger charge is 2.34. The summed E-state index contributed by atoms with van der Waals surface area (Å²) in [6.07, 6.45) is 1.56. The van der Waals surface area contributed by atoms with Gasteiger partial charge < -0.3 is 14.9 Å². The second-order valence-electron chi connectivity index (χ2n) is 8.11. The lowest BCUT2D eigenvalue weighted by atomic mass is 9.91. The molecule has 1 atom stereocenters. The fourth-order valence-electron chi connectivity index (χ4n) is 4.37. The molecule has 7 nitrogen and oxygen atoms in total. The molecule has 0 radical (unpaired) electrons. The predicted molar refractivity (Wildman–Crippen MR) is 134 cm³/mol. The maximum atomic E-state index is 13.7. The molecule has 5 rings (SSSR count). The van der Waals surface area contributed by atoms with Gasteiger partial charge in [-0.2, -0.15) is 0 Å². The highest BCUT2D eigenvalue weighted by molar-refractivity contribution is 7.07. The maximum Gasteiger partial charge on any atom is 0.338 e. The van der Waals surface area contributed by atoms with E-state index in [4.69, 9.17) is 4.74 Å². The highest BCUT2D eigenvalue weighted by Crippen LogP contribution is 2.34. The van der Waals surface area contributed by atoms with Crippen molar-refractivity contribution in [2.24, 2.45) is 4.99 Å². The minimum Gasteiger partial charge on any atom is -0.508 e. The molecule has 0 spiro atoms. The number of allylic oxidation sites excluding steroid dienone is 1. The first-order chi connectivity index (χ1) is 16.9. The van der Waals surface area contributed by atoms with Crippen molar-refractivity contribution >= 4 is 34.2 Å². The standard InChI is InChI=1S/C27H22N2O5S/c1-3-34-26(33)23-15(2)28-27-29(24(23)20-10-6-8-16-7-4-5-9-19(16)20)25(32)22(35-27)13-17-11-12-18(30)14-21(17)31/h4-14,24,30-31H,3H2,1-2H3/b22-13+. The van der Waals surface area contributed by atoms with Gasteiger partial charge in [0.25, 0.3) is 5.56 Å². The van der Waals surface area contributed by atoms with Crippen molar-refractivity contribution in [1.82, 2.24) is 4.57 Å². The van der Waals surface area contributed by atoms with E-state index >= 15 is 0 Å². The van der Waals surface area contributed by atoms with Gasteiger partial charge in [0.15, 0.2) is 4.80 Å². The summed E-state index contributed by atoms with van der Waals surface area (Å²) >= 11 is 1.17. The van der Waals surface area contributed by atoms with Gasteiger partial charge in [-0.15, -0.1) is 0 Å². The molecule has 1 aliphatic rings. The van der Waals surface area contributed by atoms with Crippen LogP contribution in [0, 0.1) is 0 Å². The van der Waals surface area contributed by atoms with E-state index in [1.165, 1.54) is 34.1 Å². The van der Waals surface area contributed by atoms with E-state index in [-0.39, 0.29) is 23.7 Å². The van der Waals surface area contributed by atoms with Gasteiger partial charge in [-0.3, -0.25) is 9.36 Å². The topological polar surface area (TPSA) is 101 Å². The Labute approximate surface area is 204 Å². The fraction of sp³-hybridized carbons (Fsp3) is 0.148. The van der Waals surface area contributed by atoms with Crippen LogP contribution in [-0.4, -0.2) is 27.4 Å². The van der Waals surface area contributed by atoms with Gasteiger partial charge in [0, 0.05) is 11.6 Å². The van der Waals surface area contributed by atoms with Crippen molar-refractivity contribution in [3.8, 4) is 11.5 Å². The minimum atomic E-state index is -0.730. The molecular formula is C27H22N2O5S. The molecule has 176 valence electrons. The van der Waals surface area contributed by atoms with E-state index in [9.17, 15) is 19.8 Å². The molecule has 0 saturated heterocycles. The van der Waals surface area contributed by atoms with Crippen LogP contribution >= 0.6 is 11.3 Å². The maximum absolute atomic E-state index is 13.7. The first-order valence-electron chi connectivity index (χ1n) is 11.1. The second kappa shape index (κ2) is 8.88. The first kappa shape index (κ1) is 22.6. The zero-order valence-electron chi connectivity index (χ0n) is 19.1. The Morgan fingerprint density at radius 1 is 1.14 bits per heavy atom. The Hall–Kier alpha value is -4.17. The van der Waals surface area contributed by atoms with Gasteiger partial charge in [-0.1, -0.05) is 53.8 Å². The number of aromatic nitrogens is 1. The third-order valence-corrected chi connectivity index (χ3v) is 6.92. The Morgan fingerprint density at radius 3 is 2.69 bits per heavy atom. The Kier molecular flexibility index (Phi) is 5.74. The van der Waals surface area contributed by atoms with Crippen LogP contribution in [0.3, 0.4) is 0 Å². The van der Waals surface area contributed by atoms with Crippen molar-refractivity contribution in [3.63, 3.8) is 0 Å². The number of carbonyl (C=O) groups is 1.